The van der Waals surface area contributed by atoms with Crippen LogP contribution >= 0.6 is 0 Å². The van der Waals surface area contributed by atoms with Crippen LogP contribution in [-0.2, 0) is 6.54 Å². The van der Waals surface area contributed by atoms with Crippen molar-refractivity contribution in [3.05, 3.63) is 47.7 Å². The second-order valence-electron chi connectivity index (χ2n) is 5.39. The first-order chi connectivity index (χ1) is 11.7. The number of hydrogen-bond acceptors (Lipinski definition) is 4. The summed E-state index contributed by atoms with van der Waals surface area (Å²) in [7, 11) is 0. The van der Waals surface area contributed by atoms with E-state index in [0.717, 1.165) is 42.7 Å². The van der Waals surface area contributed by atoms with Crippen LogP contribution in [0, 0.1) is 13.8 Å². The summed E-state index contributed by atoms with van der Waals surface area (Å²) >= 11 is 0. The first-order valence-electron chi connectivity index (χ1n) is 8.32. The molecule has 0 atom stereocenters. The van der Waals surface area contributed by atoms with Crippen LogP contribution in [-0.4, -0.2) is 30.6 Å². The Labute approximate surface area is 143 Å². The van der Waals surface area contributed by atoms with Crippen molar-refractivity contribution in [1.29, 1.82) is 0 Å². The smallest absolute Gasteiger partial charge is 0.216 e. The predicted octanol–water partition coefficient (Wildman–Crippen LogP) is 2.82. The highest BCUT2D eigenvalue weighted by molar-refractivity contribution is 5.79. The Morgan fingerprint density at radius 1 is 1.21 bits per heavy atom. The summed E-state index contributed by atoms with van der Waals surface area (Å²) in [6.07, 6.45) is 0.885. The van der Waals surface area contributed by atoms with Gasteiger partial charge in [0.15, 0.2) is 5.96 Å². The minimum Gasteiger partial charge on any atom is -0.494 e. The van der Waals surface area contributed by atoms with E-state index in [1.54, 1.807) is 0 Å². The number of benzene rings is 1. The van der Waals surface area contributed by atoms with Crippen molar-refractivity contribution < 1.29 is 9.15 Å². The monoisotopic (exact) mass is 330 g/mol. The van der Waals surface area contributed by atoms with E-state index < -0.39 is 0 Å². The standard InChI is InChI=1S/C18H26N4O2/c1-4-19-18(21-13-17-22-14(2)15(3)24-17)20-11-8-12-23-16-9-6-5-7-10-16/h5-7,9-10H,4,8,11-13H2,1-3H3,(H2,19,20,21). The minimum atomic E-state index is 0.421. The van der Waals surface area contributed by atoms with Gasteiger partial charge in [-0.2, -0.15) is 0 Å². The van der Waals surface area contributed by atoms with E-state index in [2.05, 4.69) is 20.6 Å². The van der Waals surface area contributed by atoms with E-state index in [9.17, 15) is 0 Å². The number of rotatable bonds is 8. The zero-order valence-corrected chi connectivity index (χ0v) is 14.6. The molecule has 0 saturated carbocycles. The maximum absolute atomic E-state index is 5.67. The average Bonchev–Trinajstić information content (AvgIpc) is 2.91. The lowest BCUT2D eigenvalue weighted by atomic mass is 10.3. The minimum absolute atomic E-state index is 0.421. The summed E-state index contributed by atoms with van der Waals surface area (Å²) in [5.74, 6) is 3.13. The molecule has 0 amide bonds. The number of oxazole rings is 1. The summed E-state index contributed by atoms with van der Waals surface area (Å²) in [5.41, 5.74) is 0.913. The highest BCUT2D eigenvalue weighted by Gasteiger charge is 2.05. The van der Waals surface area contributed by atoms with Crippen LogP contribution in [0.1, 0.15) is 30.7 Å². The van der Waals surface area contributed by atoms with Gasteiger partial charge in [-0.3, -0.25) is 0 Å². The molecule has 2 N–H and O–H groups in total. The average molecular weight is 330 g/mol. The molecule has 6 nitrogen and oxygen atoms in total. The summed E-state index contributed by atoms with van der Waals surface area (Å²) in [6, 6.07) is 9.83. The Hall–Kier alpha value is -2.50. The van der Waals surface area contributed by atoms with Crippen LogP contribution in [0.15, 0.2) is 39.7 Å². The Bertz CT molecular complexity index is 618. The molecule has 0 fully saturated rings. The van der Waals surface area contributed by atoms with Gasteiger partial charge in [-0.05, 0) is 39.3 Å². The molecule has 1 aromatic carbocycles. The fourth-order valence-corrected chi connectivity index (χ4v) is 2.08. The number of aryl methyl sites for hydroxylation is 2. The Morgan fingerprint density at radius 2 is 2.00 bits per heavy atom. The molecule has 0 spiro atoms. The Kier molecular flexibility index (Phi) is 7.14. The van der Waals surface area contributed by atoms with Crippen LogP contribution in [0.2, 0.25) is 0 Å². The van der Waals surface area contributed by atoms with Gasteiger partial charge in [0.1, 0.15) is 18.1 Å². The number of aliphatic imine (C=N–C) groups is 1. The van der Waals surface area contributed by atoms with Crippen molar-refractivity contribution in [2.45, 2.75) is 33.7 Å². The maximum Gasteiger partial charge on any atom is 0.216 e. The van der Waals surface area contributed by atoms with Gasteiger partial charge in [-0.1, -0.05) is 18.2 Å². The summed E-state index contributed by atoms with van der Waals surface area (Å²) in [5, 5.41) is 6.50. The molecule has 24 heavy (non-hydrogen) atoms. The molecular weight excluding hydrogens is 304 g/mol. The zero-order chi connectivity index (χ0) is 17.2. The molecule has 0 saturated heterocycles. The number of para-hydroxylation sites is 1. The Balaban J connectivity index is 1.73. The number of hydrogen-bond donors (Lipinski definition) is 2. The third-order valence-electron chi connectivity index (χ3n) is 3.41. The summed E-state index contributed by atoms with van der Waals surface area (Å²) in [4.78, 5) is 8.83. The van der Waals surface area contributed by atoms with Crippen LogP contribution in [0.3, 0.4) is 0 Å². The van der Waals surface area contributed by atoms with Gasteiger partial charge in [0, 0.05) is 13.1 Å². The molecule has 0 aliphatic rings. The maximum atomic E-state index is 5.67. The van der Waals surface area contributed by atoms with Crippen molar-refractivity contribution in [2.75, 3.05) is 19.7 Å². The lowest BCUT2D eigenvalue weighted by Gasteiger charge is -2.11. The molecule has 6 heteroatoms. The first-order valence-corrected chi connectivity index (χ1v) is 8.32. The second kappa shape index (κ2) is 9.60. The van der Waals surface area contributed by atoms with Crippen molar-refractivity contribution in [3.8, 4) is 5.75 Å². The van der Waals surface area contributed by atoms with E-state index in [0.29, 0.717) is 19.0 Å². The second-order valence-corrected chi connectivity index (χ2v) is 5.39. The predicted molar refractivity (Wildman–Crippen MR) is 95.3 cm³/mol. The normalized spacial score (nSPS) is 11.4. The van der Waals surface area contributed by atoms with Gasteiger partial charge >= 0.3 is 0 Å². The van der Waals surface area contributed by atoms with Gasteiger partial charge in [0.05, 0.1) is 12.3 Å². The highest BCUT2D eigenvalue weighted by atomic mass is 16.5. The van der Waals surface area contributed by atoms with Crippen molar-refractivity contribution in [2.24, 2.45) is 4.99 Å². The number of aromatic nitrogens is 1. The van der Waals surface area contributed by atoms with Gasteiger partial charge in [-0.15, -0.1) is 0 Å². The van der Waals surface area contributed by atoms with E-state index in [-0.39, 0.29) is 0 Å². The van der Waals surface area contributed by atoms with Gasteiger partial charge in [-0.25, -0.2) is 9.98 Å². The first kappa shape index (κ1) is 17.8. The molecule has 0 aliphatic carbocycles. The molecule has 0 radical (unpaired) electrons. The zero-order valence-electron chi connectivity index (χ0n) is 14.6. The number of nitrogens with zero attached hydrogens (tertiary/aromatic N) is 2. The third kappa shape index (κ3) is 5.95. The molecular formula is C18H26N4O2. The summed E-state index contributed by atoms with van der Waals surface area (Å²) in [6.45, 7) is 8.54. The van der Waals surface area contributed by atoms with E-state index in [4.69, 9.17) is 9.15 Å². The topological polar surface area (TPSA) is 71.7 Å². The van der Waals surface area contributed by atoms with Crippen molar-refractivity contribution in [1.82, 2.24) is 15.6 Å². The number of guanidine groups is 1. The van der Waals surface area contributed by atoms with Gasteiger partial charge in [0.25, 0.3) is 0 Å². The van der Waals surface area contributed by atoms with Gasteiger partial charge in [0.2, 0.25) is 5.89 Å². The lowest BCUT2D eigenvalue weighted by molar-refractivity contribution is 0.311. The summed E-state index contributed by atoms with van der Waals surface area (Å²) < 4.78 is 11.2. The number of ether oxygens (including phenoxy) is 1. The molecule has 1 aromatic heterocycles. The van der Waals surface area contributed by atoms with Crippen molar-refractivity contribution in [3.63, 3.8) is 0 Å². The van der Waals surface area contributed by atoms with Crippen molar-refractivity contribution >= 4 is 5.96 Å². The largest absolute Gasteiger partial charge is 0.494 e. The van der Waals surface area contributed by atoms with E-state index >= 15 is 0 Å². The molecule has 130 valence electrons. The Morgan fingerprint density at radius 3 is 2.67 bits per heavy atom. The van der Waals surface area contributed by atoms with Crippen LogP contribution in [0.4, 0.5) is 0 Å². The van der Waals surface area contributed by atoms with E-state index in [1.165, 1.54) is 0 Å². The van der Waals surface area contributed by atoms with Crippen LogP contribution in [0.25, 0.3) is 0 Å². The third-order valence-corrected chi connectivity index (χ3v) is 3.41. The molecule has 1 heterocycles. The van der Waals surface area contributed by atoms with E-state index in [1.807, 2.05) is 51.1 Å². The highest BCUT2D eigenvalue weighted by Crippen LogP contribution is 2.09. The SMILES string of the molecule is CCNC(=NCc1nc(C)c(C)o1)NCCCOc1ccccc1. The van der Waals surface area contributed by atoms with Crippen LogP contribution in [0.5, 0.6) is 5.75 Å². The fraction of sp³-hybridized carbons (Fsp3) is 0.444. The van der Waals surface area contributed by atoms with Gasteiger partial charge < -0.3 is 19.8 Å². The molecule has 0 aliphatic heterocycles. The molecule has 2 rings (SSSR count). The quantitative estimate of drug-likeness (QED) is 0.442. The number of nitrogens with one attached hydrogen (secondary N) is 2. The fourth-order valence-electron chi connectivity index (χ4n) is 2.08. The molecule has 0 unspecified atom stereocenters. The van der Waals surface area contributed by atoms with Crippen LogP contribution < -0.4 is 15.4 Å². The molecule has 2 aromatic rings. The lowest BCUT2D eigenvalue weighted by Crippen LogP contribution is -2.38. The molecule has 0 bridgehead atoms.